The topological polar surface area (TPSA) is 98.2 Å². The van der Waals surface area contributed by atoms with Crippen molar-refractivity contribution in [3.63, 3.8) is 0 Å². The van der Waals surface area contributed by atoms with Crippen LogP contribution in [0.3, 0.4) is 0 Å². The Bertz CT molecular complexity index is 1050. The Balaban J connectivity index is 1.35. The fourth-order valence-electron chi connectivity index (χ4n) is 2.70. The molecular formula is C17H16N6OS. The zero-order chi connectivity index (χ0) is 17.2. The lowest BCUT2D eigenvalue weighted by Gasteiger charge is -2.05. The van der Waals surface area contributed by atoms with Crippen molar-refractivity contribution in [2.24, 2.45) is 0 Å². The van der Waals surface area contributed by atoms with Gasteiger partial charge >= 0.3 is 0 Å². The Labute approximate surface area is 147 Å². The molecule has 0 saturated carbocycles. The SMILES string of the molecule is Nc1nc2cc(C(=O)NCCCc3nnc4ccccn34)ccc2s1. The first-order valence-electron chi connectivity index (χ1n) is 7.93. The van der Waals surface area contributed by atoms with E-state index in [1.807, 2.05) is 34.9 Å². The number of rotatable bonds is 5. The minimum atomic E-state index is -0.112. The maximum absolute atomic E-state index is 12.3. The van der Waals surface area contributed by atoms with E-state index in [0.717, 1.165) is 34.5 Å². The largest absolute Gasteiger partial charge is 0.375 e. The first-order chi connectivity index (χ1) is 12.2. The van der Waals surface area contributed by atoms with E-state index < -0.39 is 0 Å². The van der Waals surface area contributed by atoms with Gasteiger partial charge < -0.3 is 11.1 Å². The number of anilines is 1. The van der Waals surface area contributed by atoms with Crippen molar-refractivity contribution in [3.05, 3.63) is 54.0 Å². The zero-order valence-corrected chi connectivity index (χ0v) is 14.2. The molecule has 3 aromatic heterocycles. The van der Waals surface area contributed by atoms with E-state index in [-0.39, 0.29) is 5.91 Å². The van der Waals surface area contributed by atoms with Crippen molar-refractivity contribution in [3.8, 4) is 0 Å². The summed E-state index contributed by atoms with van der Waals surface area (Å²) in [6.45, 7) is 0.567. The summed E-state index contributed by atoms with van der Waals surface area (Å²) in [5.41, 5.74) is 7.87. The molecule has 126 valence electrons. The lowest BCUT2D eigenvalue weighted by atomic mass is 10.2. The van der Waals surface area contributed by atoms with Gasteiger partial charge in [0.15, 0.2) is 10.8 Å². The summed E-state index contributed by atoms with van der Waals surface area (Å²) in [5, 5.41) is 11.7. The molecule has 0 aliphatic rings. The summed E-state index contributed by atoms with van der Waals surface area (Å²) in [7, 11) is 0. The Morgan fingerprint density at radius 1 is 1.24 bits per heavy atom. The highest BCUT2D eigenvalue weighted by Crippen LogP contribution is 2.24. The molecule has 4 aromatic rings. The minimum absolute atomic E-state index is 0.112. The van der Waals surface area contributed by atoms with E-state index in [4.69, 9.17) is 5.73 Å². The Morgan fingerprint density at radius 3 is 3.08 bits per heavy atom. The van der Waals surface area contributed by atoms with Crippen LogP contribution < -0.4 is 11.1 Å². The molecule has 8 heteroatoms. The summed E-state index contributed by atoms with van der Waals surface area (Å²) >= 11 is 1.41. The highest BCUT2D eigenvalue weighted by atomic mass is 32.1. The summed E-state index contributed by atoms with van der Waals surface area (Å²) in [6.07, 6.45) is 3.47. The Kier molecular flexibility index (Phi) is 4.02. The molecule has 0 spiro atoms. The maximum atomic E-state index is 12.3. The molecule has 0 fully saturated rings. The third-order valence-electron chi connectivity index (χ3n) is 3.91. The lowest BCUT2D eigenvalue weighted by Crippen LogP contribution is -2.24. The number of nitrogens with one attached hydrogen (secondary N) is 1. The number of carbonyl (C=O) groups is 1. The van der Waals surface area contributed by atoms with Crippen LogP contribution in [-0.2, 0) is 6.42 Å². The smallest absolute Gasteiger partial charge is 0.251 e. The van der Waals surface area contributed by atoms with Crippen LogP contribution in [0, 0.1) is 0 Å². The maximum Gasteiger partial charge on any atom is 0.251 e. The Morgan fingerprint density at radius 2 is 2.16 bits per heavy atom. The number of hydrogen-bond donors (Lipinski definition) is 2. The number of nitrogens with two attached hydrogens (primary N) is 1. The van der Waals surface area contributed by atoms with Gasteiger partial charge in [0.05, 0.1) is 10.2 Å². The fourth-order valence-corrected chi connectivity index (χ4v) is 3.41. The predicted molar refractivity (Wildman–Crippen MR) is 97.7 cm³/mol. The summed E-state index contributed by atoms with van der Waals surface area (Å²) in [4.78, 5) is 16.5. The molecule has 7 nitrogen and oxygen atoms in total. The molecule has 3 heterocycles. The van der Waals surface area contributed by atoms with Crippen LogP contribution in [0.25, 0.3) is 15.9 Å². The van der Waals surface area contributed by atoms with Crippen LogP contribution in [0.4, 0.5) is 5.13 Å². The molecule has 1 amide bonds. The van der Waals surface area contributed by atoms with Gasteiger partial charge in [0.1, 0.15) is 5.82 Å². The number of benzene rings is 1. The molecule has 0 bridgehead atoms. The third kappa shape index (κ3) is 3.16. The second-order valence-corrected chi connectivity index (χ2v) is 6.70. The molecule has 0 unspecified atom stereocenters. The lowest BCUT2D eigenvalue weighted by molar-refractivity contribution is 0.0953. The van der Waals surface area contributed by atoms with Crippen LogP contribution >= 0.6 is 11.3 Å². The van der Waals surface area contributed by atoms with Gasteiger partial charge in [0.25, 0.3) is 5.91 Å². The van der Waals surface area contributed by atoms with E-state index in [0.29, 0.717) is 17.2 Å². The van der Waals surface area contributed by atoms with Crippen molar-refractivity contribution in [2.45, 2.75) is 12.8 Å². The molecule has 0 saturated heterocycles. The summed E-state index contributed by atoms with van der Waals surface area (Å²) in [6, 6.07) is 11.2. The van der Waals surface area contributed by atoms with Crippen LogP contribution in [0.2, 0.25) is 0 Å². The number of fused-ring (bicyclic) bond motifs is 2. The number of aryl methyl sites for hydroxylation is 1. The molecule has 25 heavy (non-hydrogen) atoms. The van der Waals surface area contributed by atoms with Crippen LogP contribution in [0.15, 0.2) is 42.6 Å². The number of thiazole rings is 1. The second-order valence-electron chi connectivity index (χ2n) is 5.64. The average Bonchev–Trinajstić information content (AvgIpc) is 3.20. The van der Waals surface area contributed by atoms with Crippen molar-refractivity contribution in [2.75, 3.05) is 12.3 Å². The third-order valence-corrected chi connectivity index (χ3v) is 4.78. The monoisotopic (exact) mass is 352 g/mol. The highest BCUT2D eigenvalue weighted by Gasteiger charge is 2.09. The number of carbonyl (C=O) groups excluding carboxylic acids is 1. The Hall–Kier alpha value is -3.00. The molecule has 0 aliphatic heterocycles. The number of nitrogens with zero attached hydrogens (tertiary/aromatic N) is 4. The van der Waals surface area contributed by atoms with Crippen molar-refractivity contribution >= 4 is 38.2 Å². The van der Waals surface area contributed by atoms with Crippen LogP contribution in [-0.4, -0.2) is 32.0 Å². The predicted octanol–water partition coefficient (Wildman–Crippen LogP) is 2.28. The number of pyridine rings is 1. The van der Waals surface area contributed by atoms with Gasteiger partial charge in [-0.15, -0.1) is 10.2 Å². The summed E-state index contributed by atoms with van der Waals surface area (Å²) < 4.78 is 2.94. The van der Waals surface area contributed by atoms with Gasteiger partial charge in [-0.05, 0) is 36.8 Å². The van der Waals surface area contributed by atoms with E-state index >= 15 is 0 Å². The zero-order valence-electron chi connectivity index (χ0n) is 13.3. The second kappa shape index (κ2) is 6.48. The molecule has 1 aromatic carbocycles. The van der Waals surface area contributed by atoms with Gasteiger partial charge in [0, 0.05) is 24.7 Å². The van der Waals surface area contributed by atoms with Crippen molar-refractivity contribution < 1.29 is 4.79 Å². The van der Waals surface area contributed by atoms with E-state index in [1.54, 1.807) is 12.1 Å². The highest BCUT2D eigenvalue weighted by molar-refractivity contribution is 7.22. The number of aromatic nitrogens is 4. The number of hydrogen-bond acceptors (Lipinski definition) is 6. The van der Waals surface area contributed by atoms with Crippen LogP contribution in [0.5, 0.6) is 0 Å². The molecule has 3 N–H and O–H groups in total. The van der Waals surface area contributed by atoms with Gasteiger partial charge in [-0.3, -0.25) is 9.20 Å². The van der Waals surface area contributed by atoms with Gasteiger partial charge in [-0.2, -0.15) is 0 Å². The van der Waals surface area contributed by atoms with Gasteiger partial charge in [-0.25, -0.2) is 4.98 Å². The molecule has 0 atom stereocenters. The quantitative estimate of drug-likeness (QED) is 0.537. The van der Waals surface area contributed by atoms with E-state index in [2.05, 4.69) is 20.5 Å². The number of amides is 1. The molecular weight excluding hydrogens is 336 g/mol. The normalized spacial score (nSPS) is 11.2. The van der Waals surface area contributed by atoms with Gasteiger partial charge in [0.2, 0.25) is 0 Å². The minimum Gasteiger partial charge on any atom is -0.375 e. The van der Waals surface area contributed by atoms with Crippen LogP contribution in [0.1, 0.15) is 22.6 Å². The van der Waals surface area contributed by atoms with Crippen molar-refractivity contribution in [1.82, 2.24) is 24.9 Å². The first-order valence-corrected chi connectivity index (χ1v) is 8.75. The molecule has 0 aliphatic carbocycles. The van der Waals surface area contributed by atoms with E-state index in [1.165, 1.54) is 11.3 Å². The van der Waals surface area contributed by atoms with Crippen molar-refractivity contribution in [1.29, 1.82) is 0 Å². The fraction of sp³-hybridized carbons (Fsp3) is 0.176. The number of nitrogen functional groups attached to an aromatic ring is 1. The molecule has 4 rings (SSSR count). The average molecular weight is 352 g/mol. The van der Waals surface area contributed by atoms with Gasteiger partial charge in [-0.1, -0.05) is 17.4 Å². The summed E-state index contributed by atoms with van der Waals surface area (Å²) in [5.74, 6) is 0.781. The molecule has 0 radical (unpaired) electrons. The standard InChI is InChI=1S/C17H16N6OS/c18-17-20-12-10-11(6-7-13(12)25-17)16(24)19-8-3-5-15-22-21-14-4-1-2-9-23(14)15/h1-2,4,6-7,9-10H,3,5,8H2,(H2,18,20)(H,19,24). The van der Waals surface area contributed by atoms with E-state index in [9.17, 15) is 4.79 Å². The first kappa shape index (κ1) is 15.5.